The molecule has 0 aromatic heterocycles. The minimum absolute atomic E-state index is 0.0123. The number of hydrogen-bond acceptors (Lipinski definition) is 5. The van der Waals surface area contributed by atoms with E-state index in [1.807, 2.05) is 0 Å². The van der Waals surface area contributed by atoms with Gasteiger partial charge in [-0.05, 0) is 36.4 Å². The Morgan fingerprint density at radius 3 is 2.56 bits per heavy atom. The van der Waals surface area contributed by atoms with Gasteiger partial charge in [0.15, 0.2) is 16.4 Å². The zero-order valence-corrected chi connectivity index (χ0v) is 16.1. The summed E-state index contributed by atoms with van der Waals surface area (Å²) in [5, 5.41) is 2.58. The minimum atomic E-state index is -3.44. The maximum atomic E-state index is 11.9. The first kappa shape index (κ1) is 19.4. The molecule has 0 bridgehead atoms. The van der Waals surface area contributed by atoms with Crippen molar-refractivity contribution in [1.29, 1.82) is 0 Å². The first-order valence-corrected chi connectivity index (χ1v) is 9.95. The van der Waals surface area contributed by atoms with Crippen LogP contribution in [0.3, 0.4) is 0 Å². The molecule has 0 saturated heterocycles. The van der Waals surface area contributed by atoms with Gasteiger partial charge in [0.25, 0.3) is 5.91 Å². The zero-order chi connectivity index (χ0) is 18.6. The predicted octanol–water partition coefficient (Wildman–Crippen LogP) is 3.30. The Hall–Kier alpha value is -1.90. The number of carbonyl (C=O) groups excluding carboxylic acids is 2. The van der Waals surface area contributed by atoms with E-state index in [4.69, 9.17) is 16.3 Å². The summed E-state index contributed by atoms with van der Waals surface area (Å²) in [5.41, 5.74) is 0.410. The van der Waals surface area contributed by atoms with E-state index < -0.39 is 28.3 Å². The van der Waals surface area contributed by atoms with Crippen LogP contribution in [0.4, 0.5) is 5.69 Å². The molecule has 0 atom stereocenters. The standard InChI is InChI=1S/C16H13BrClNO5S/c1-25(22,23)12-5-6-13(18)14(8-12)19-15(20)9-24-16(21)10-3-2-4-11(17)7-10/h2-8H,9H2,1H3,(H,19,20). The minimum Gasteiger partial charge on any atom is -0.452 e. The maximum Gasteiger partial charge on any atom is 0.338 e. The van der Waals surface area contributed by atoms with E-state index in [0.717, 1.165) is 6.26 Å². The van der Waals surface area contributed by atoms with Gasteiger partial charge in [-0.15, -0.1) is 0 Å². The highest BCUT2D eigenvalue weighted by Gasteiger charge is 2.14. The van der Waals surface area contributed by atoms with Gasteiger partial charge >= 0.3 is 5.97 Å². The third-order valence-corrected chi connectivity index (χ3v) is 4.97. The van der Waals surface area contributed by atoms with E-state index in [0.29, 0.717) is 10.0 Å². The van der Waals surface area contributed by atoms with Crippen molar-refractivity contribution in [2.45, 2.75) is 4.90 Å². The summed E-state index contributed by atoms with van der Waals surface area (Å²) >= 11 is 9.18. The normalized spacial score (nSPS) is 11.0. The van der Waals surface area contributed by atoms with Crippen LogP contribution in [0.15, 0.2) is 51.8 Å². The topological polar surface area (TPSA) is 89.5 Å². The molecule has 0 radical (unpaired) electrons. The first-order chi connectivity index (χ1) is 11.7. The van der Waals surface area contributed by atoms with Crippen molar-refractivity contribution in [3.8, 4) is 0 Å². The van der Waals surface area contributed by atoms with Crippen LogP contribution in [-0.2, 0) is 19.4 Å². The summed E-state index contributed by atoms with van der Waals surface area (Å²) in [4.78, 5) is 23.8. The van der Waals surface area contributed by atoms with Crippen LogP contribution in [0.1, 0.15) is 10.4 Å². The Kier molecular flexibility index (Phi) is 6.21. The molecule has 2 aromatic carbocycles. The van der Waals surface area contributed by atoms with Gasteiger partial charge < -0.3 is 10.1 Å². The third kappa shape index (κ3) is 5.55. The molecule has 0 heterocycles. The molecule has 2 aromatic rings. The molecule has 0 aliphatic heterocycles. The Morgan fingerprint density at radius 2 is 1.92 bits per heavy atom. The number of rotatable bonds is 5. The van der Waals surface area contributed by atoms with Gasteiger partial charge in [-0.25, -0.2) is 13.2 Å². The molecular formula is C16H13BrClNO5S. The van der Waals surface area contributed by atoms with E-state index in [1.165, 1.54) is 18.2 Å². The van der Waals surface area contributed by atoms with E-state index in [9.17, 15) is 18.0 Å². The molecule has 1 N–H and O–H groups in total. The predicted molar refractivity (Wildman–Crippen MR) is 97.6 cm³/mol. The summed E-state index contributed by atoms with van der Waals surface area (Å²) in [6.07, 6.45) is 1.04. The molecular weight excluding hydrogens is 434 g/mol. The number of benzene rings is 2. The number of nitrogens with one attached hydrogen (secondary N) is 1. The fourth-order valence-electron chi connectivity index (χ4n) is 1.85. The smallest absolute Gasteiger partial charge is 0.338 e. The molecule has 0 aliphatic carbocycles. The van der Waals surface area contributed by atoms with Crippen LogP contribution in [0.5, 0.6) is 0 Å². The molecule has 132 valence electrons. The summed E-state index contributed by atoms with van der Waals surface area (Å²) < 4.78 is 28.7. The highest BCUT2D eigenvalue weighted by molar-refractivity contribution is 9.10. The van der Waals surface area contributed by atoms with Crippen LogP contribution >= 0.6 is 27.5 Å². The lowest BCUT2D eigenvalue weighted by atomic mass is 10.2. The van der Waals surface area contributed by atoms with Gasteiger partial charge in [0, 0.05) is 10.7 Å². The largest absolute Gasteiger partial charge is 0.452 e. The fourth-order valence-corrected chi connectivity index (χ4v) is 3.06. The van der Waals surface area contributed by atoms with Crippen molar-refractivity contribution in [3.63, 3.8) is 0 Å². The van der Waals surface area contributed by atoms with Crippen molar-refractivity contribution in [2.75, 3.05) is 18.2 Å². The molecule has 25 heavy (non-hydrogen) atoms. The summed E-state index contributed by atoms with van der Waals surface area (Å²) in [6.45, 7) is -0.537. The second-order valence-electron chi connectivity index (χ2n) is 5.05. The Morgan fingerprint density at radius 1 is 1.20 bits per heavy atom. The zero-order valence-electron chi connectivity index (χ0n) is 13.0. The SMILES string of the molecule is CS(=O)(=O)c1ccc(Cl)c(NC(=O)COC(=O)c2cccc(Br)c2)c1. The number of hydrogen-bond donors (Lipinski definition) is 1. The van der Waals surface area contributed by atoms with Crippen LogP contribution in [-0.4, -0.2) is 33.2 Å². The number of halogens is 2. The van der Waals surface area contributed by atoms with E-state index >= 15 is 0 Å². The number of sulfone groups is 1. The van der Waals surface area contributed by atoms with Crippen LogP contribution < -0.4 is 5.32 Å². The Balaban J connectivity index is 2.02. The van der Waals surface area contributed by atoms with E-state index in [1.54, 1.807) is 24.3 Å². The molecule has 1 amide bonds. The second kappa shape index (κ2) is 7.99. The van der Waals surface area contributed by atoms with Crippen molar-refractivity contribution in [3.05, 3.63) is 57.5 Å². The average molecular weight is 447 g/mol. The number of anilines is 1. The summed E-state index contributed by atoms with van der Waals surface area (Å²) in [6, 6.07) is 10.5. The summed E-state index contributed by atoms with van der Waals surface area (Å²) in [7, 11) is -3.44. The molecule has 0 unspecified atom stereocenters. The number of ether oxygens (including phenoxy) is 1. The molecule has 0 saturated carbocycles. The monoisotopic (exact) mass is 445 g/mol. The fraction of sp³-hybridized carbons (Fsp3) is 0.125. The van der Waals surface area contributed by atoms with E-state index in [-0.39, 0.29) is 15.6 Å². The molecule has 9 heteroatoms. The van der Waals surface area contributed by atoms with E-state index in [2.05, 4.69) is 21.2 Å². The number of carbonyl (C=O) groups is 2. The molecule has 0 fully saturated rings. The molecule has 0 aliphatic rings. The van der Waals surface area contributed by atoms with Crippen LogP contribution in [0.2, 0.25) is 5.02 Å². The highest BCUT2D eigenvalue weighted by Crippen LogP contribution is 2.25. The second-order valence-corrected chi connectivity index (χ2v) is 8.39. The van der Waals surface area contributed by atoms with Gasteiger partial charge in [-0.1, -0.05) is 33.6 Å². The van der Waals surface area contributed by atoms with Gasteiger partial charge in [0.1, 0.15) is 0 Å². The van der Waals surface area contributed by atoms with Crippen LogP contribution in [0, 0.1) is 0 Å². The van der Waals surface area contributed by atoms with Gasteiger partial charge in [-0.3, -0.25) is 4.79 Å². The highest BCUT2D eigenvalue weighted by atomic mass is 79.9. The van der Waals surface area contributed by atoms with Crippen molar-refractivity contribution in [1.82, 2.24) is 0 Å². The lowest BCUT2D eigenvalue weighted by Gasteiger charge is -2.09. The maximum absolute atomic E-state index is 11.9. The molecule has 2 rings (SSSR count). The third-order valence-electron chi connectivity index (χ3n) is 3.03. The first-order valence-electron chi connectivity index (χ1n) is 6.89. The average Bonchev–Trinajstić information content (AvgIpc) is 2.53. The summed E-state index contributed by atoms with van der Waals surface area (Å²) in [5.74, 6) is -1.30. The Bertz CT molecular complexity index is 930. The molecule has 6 nitrogen and oxygen atoms in total. The number of amides is 1. The molecule has 0 spiro atoms. The van der Waals surface area contributed by atoms with Gasteiger partial charge in [0.2, 0.25) is 0 Å². The number of esters is 1. The van der Waals surface area contributed by atoms with Crippen molar-refractivity contribution >= 4 is 54.9 Å². The van der Waals surface area contributed by atoms with Crippen molar-refractivity contribution < 1.29 is 22.7 Å². The lowest BCUT2D eigenvalue weighted by molar-refractivity contribution is -0.119. The van der Waals surface area contributed by atoms with Gasteiger partial charge in [0.05, 0.1) is 21.2 Å². The van der Waals surface area contributed by atoms with Gasteiger partial charge in [-0.2, -0.15) is 0 Å². The quantitative estimate of drug-likeness (QED) is 0.712. The lowest BCUT2D eigenvalue weighted by Crippen LogP contribution is -2.21. The van der Waals surface area contributed by atoms with Crippen LogP contribution in [0.25, 0.3) is 0 Å². The van der Waals surface area contributed by atoms with Crippen molar-refractivity contribution in [2.24, 2.45) is 0 Å². The Labute approximate surface area is 158 Å².